The van der Waals surface area contributed by atoms with E-state index in [-0.39, 0.29) is 17.9 Å². The Labute approximate surface area is 131 Å². The van der Waals surface area contributed by atoms with Crippen LogP contribution in [0.3, 0.4) is 0 Å². The topological polar surface area (TPSA) is 62.7 Å². The zero-order valence-electron chi connectivity index (χ0n) is 13.2. The number of nitrogens with zero attached hydrogens (tertiary/aromatic N) is 3. The predicted molar refractivity (Wildman–Crippen MR) is 82.3 cm³/mol. The normalized spacial score (nSPS) is 15.5. The predicted octanol–water partition coefficient (Wildman–Crippen LogP) is 1.56. The SMILES string of the molecule is COC(=O)N1CCC(C(=O)N(C)CCc2ccncc2)CC1. The number of methoxy groups -OCH3 is 1. The van der Waals surface area contributed by atoms with E-state index in [0.717, 1.165) is 6.42 Å². The van der Waals surface area contributed by atoms with E-state index in [1.54, 1.807) is 22.2 Å². The molecule has 0 radical (unpaired) electrons. The van der Waals surface area contributed by atoms with Crippen LogP contribution >= 0.6 is 0 Å². The van der Waals surface area contributed by atoms with Crippen LogP contribution in [0, 0.1) is 5.92 Å². The van der Waals surface area contributed by atoms with Gasteiger partial charge in [0.15, 0.2) is 0 Å². The van der Waals surface area contributed by atoms with Crippen LogP contribution in [0.5, 0.6) is 0 Å². The fraction of sp³-hybridized carbons (Fsp3) is 0.562. The van der Waals surface area contributed by atoms with Gasteiger partial charge in [-0.25, -0.2) is 4.79 Å². The van der Waals surface area contributed by atoms with E-state index in [0.29, 0.717) is 32.5 Å². The number of pyridine rings is 1. The molecule has 0 aromatic carbocycles. The Bertz CT molecular complexity index is 499. The van der Waals surface area contributed by atoms with Gasteiger partial charge in [0, 0.05) is 45.0 Å². The van der Waals surface area contributed by atoms with E-state index in [9.17, 15) is 9.59 Å². The number of carbonyl (C=O) groups excluding carboxylic acids is 2. The number of likely N-dealkylation sites (N-methyl/N-ethyl adjacent to an activating group) is 1. The van der Waals surface area contributed by atoms with Gasteiger partial charge >= 0.3 is 6.09 Å². The van der Waals surface area contributed by atoms with Gasteiger partial charge in [-0.2, -0.15) is 0 Å². The number of hydrogen-bond donors (Lipinski definition) is 0. The third-order valence-corrected chi connectivity index (χ3v) is 4.14. The number of aromatic nitrogens is 1. The molecule has 6 heteroatoms. The Morgan fingerprint density at radius 3 is 2.55 bits per heavy atom. The number of likely N-dealkylation sites (tertiary alicyclic amines) is 1. The van der Waals surface area contributed by atoms with Crippen molar-refractivity contribution in [2.24, 2.45) is 5.92 Å². The summed E-state index contributed by atoms with van der Waals surface area (Å²) in [5.74, 6) is 0.168. The Kier molecular flexibility index (Phi) is 5.75. The number of hydrogen-bond acceptors (Lipinski definition) is 4. The molecule has 0 unspecified atom stereocenters. The van der Waals surface area contributed by atoms with Crippen molar-refractivity contribution >= 4 is 12.0 Å². The number of piperidine rings is 1. The minimum atomic E-state index is -0.308. The number of rotatable bonds is 4. The van der Waals surface area contributed by atoms with Crippen LogP contribution in [0.25, 0.3) is 0 Å². The summed E-state index contributed by atoms with van der Waals surface area (Å²) in [6.45, 7) is 1.86. The van der Waals surface area contributed by atoms with E-state index in [1.807, 2.05) is 19.2 Å². The van der Waals surface area contributed by atoms with Gasteiger partial charge in [-0.3, -0.25) is 9.78 Å². The Balaban J connectivity index is 1.78. The van der Waals surface area contributed by atoms with Gasteiger partial charge in [-0.1, -0.05) is 0 Å². The average molecular weight is 305 g/mol. The molecule has 0 N–H and O–H groups in total. The first-order valence-electron chi connectivity index (χ1n) is 7.58. The fourth-order valence-corrected chi connectivity index (χ4v) is 2.71. The van der Waals surface area contributed by atoms with Crippen molar-refractivity contribution in [3.63, 3.8) is 0 Å². The summed E-state index contributed by atoms with van der Waals surface area (Å²) in [5.41, 5.74) is 1.18. The highest BCUT2D eigenvalue weighted by molar-refractivity contribution is 5.79. The second-order valence-electron chi connectivity index (χ2n) is 5.60. The molecule has 2 rings (SSSR count). The summed E-state index contributed by atoms with van der Waals surface area (Å²) in [7, 11) is 3.22. The van der Waals surface area contributed by atoms with Crippen molar-refractivity contribution in [2.45, 2.75) is 19.3 Å². The van der Waals surface area contributed by atoms with Gasteiger partial charge in [0.1, 0.15) is 0 Å². The molecule has 1 aromatic heterocycles. The molecular weight excluding hydrogens is 282 g/mol. The molecule has 0 aliphatic carbocycles. The van der Waals surface area contributed by atoms with Gasteiger partial charge < -0.3 is 14.5 Å². The van der Waals surface area contributed by atoms with Crippen LogP contribution in [0.4, 0.5) is 4.79 Å². The van der Waals surface area contributed by atoms with Gasteiger partial charge in [-0.05, 0) is 37.0 Å². The lowest BCUT2D eigenvalue weighted by molar-refractivity contribution is -0.135. The molecule has 0 spiro atoms. The summed E-state index contributed by atoms with van der Waals surface area (Å²) in [4.78, 5) is 31.3. The van der Waals surface area contributed by atoms with Gasteiger partial charge in [0.2, 0.25) is 5.91 Å². The smallest absolute Gasteiger partial charge is 0.409 e. The van der Waals surface area contributed by atoms with E-state index in [2.05, 4.69) is 4.98 Å². The molecule has 0 atom stereocenters. The molecule has 2 heterocycles. The highest BCUT2D eigenvalue weighted by Crippen LogP contribution is 2.20. The molecule has 1 aliphatic heterocycles. The zero-order chi connectivity index (χ0) is 15.9. The minimum Gasteiger partial charge on any atom is -0.453 e. The third-order valence-electron chi connectivity index (χ3n) is 4.14. The van der Waals surface area contributed by atoms with E-state index in [1.165, 1.54) is 12.7 Å². The van der Waals surface area contributed by atoms with E-state index >= 15 is 0 Å². The van der Waals surface area contributed by atoms with Crippen LogP contribution in [0.2, 0.25) is 0 Å². The Morgan fingerprint density at radius 1 is 1.32 bits per heavy atom. The van der Waals surface area contributed by atoms with Gasteiger partial charge in [0.25, 0.3) is 0 Å². The molecule has 0 bridgehead atoms. The van der Waals surface area contributed by atoms with Crippen molar-refractivity contribution in [1.29, 1.82) is 0 Å². The molecule has 1 saturated heterocycles. The lowest BCUT2D eigenvalue weighted by atomic mass is 9.95. The monoisotopic (exact) mass is 305 g/mol. The van der Waals surface area contributed by atoms with Crippen LogP contribution in [-0.4, -0.2) is 60.6 Å². The second-order valence-corrected chi connectivity index (χ2v) is 5.60. The molecule has 6 nitrogen and oxygen atoms in total. The lowest BCUT2D eigenvalue weighted by Gasteiger charge is -2.32. The minimum absolute atomic E-state index is 0.00310. The highest BCUT2D eigenvalue weighted by atomic mass is 16.5. The molecule has 1 fully saturated rings. The third kappa shape index (κ3) is 4.19. The summed E-state index contributed by atoms with van der Waals surface area (Å²) in [5, 5.41) is 0. The van der Waals surface area contributed by atoms with Crippen molar-refractivity contribution in [1.82, 2.24) is 14.8 Å². The van der Waals surface area contributed by atoms with Crippen LogP contribution in [0.15, 0.2) is 24.5 Å². The Hall–Kier alpha value is -2.11. The van der Waals surface area contributed by atoms with Crippen molar-refractivity contribution < 1.29 is 14.3 Å². The van der Waals surface area contributed by atoms with Crippen molar-refractivity contribution in [3.05, 3.63) is 30.1 Å². The maximum atomic E-state index is 12.4. The average Bonchev–Trinajstić information content (AvgIpc) is 2.59. The summed E-state index contributed by atoms with van der Waals surface area (Å²) >= 11 is 0. The maximum absolute atomic E-state index is 12.4. The number of ether oxygens (including phenoxy) is 1. The number of carbonyl (C=O) groups is 2. The molecule has 1 aliphatic rings. The van der Waals surface area contributed by atoms with Crippen molar-refractivity contribution in [2.75, 3.05) is 33.8 Å². The largest absolute Gasteiger partial charge is 0.453 e. The summed E-state index contributed by atoms with van der Waals surface area (Å²) in [6, 6.07) is 3.93. The molecule has 120 valence electrons. The van der Waals surface area contributed by atoms with Gasteiger partial charge in [0.05, 0.1) is 7.11 Å². The lowest BCUT2D eigenvalue weighted by Crippen LogP contribution is -2.43. The first-order chi connectivity index (χ1) is 10.6. The van der Waals surface area contributed by atoms with Crippen LogP contribution in [0.1, 0.15) is 18.4 Å². The molecule has 0 saturated carbocycles. The molecule has 2 amide bonds. The van der Waals surface area contributed by atoms with Crippen LogP contribution in [-0.2, 0) is 16.0 Å². The van der Waals surface area contributed by atoms with Crippen LogP contribution < -0.4 is 0 Å². The van der Waals surface area contributed by atoms with Gasteiger partial charge in [-0.15, -0.1) is 0 Å². The second kappa shape index (κ2) is 7.77. The van der Waals surface area contributed by atoms with E-state index in [4.69, 9.17) is 4.74 Å². The highest BCUT2D eigenvalue weighted by Gasteiger charge is 2.29. The zero-order valence-corrected chi connectivity index (χ0v) is 13.2. The number of amides is 2. The first-order valence-corrected chi connectivity index (χ1v) is 7.58. The maximum Gasteiger partial charge on any atom is 0.409 e. The summed E-state index contributed by atoms with van der Waals surface area (Å²) < 4.78 is 4.71. The quantitative estimate of drug-likeness (QED) is 0.847. The van der Waals surface area contributed by atoms with Crippen molar-refractivity contribution in [3.8, 4) is 0 Å². The van der Waals surface area contributed by atoms with E-state index < -0.39 is 0 Å². The summed E-state index contributed by atoms with van der Waals surface area (Å²) in [6.07, 6.45) is 5.45. The Morgan fingerprint density at radius 2 is 1.95 bits per heavy atom. The standard InChI is InChI=1S/C16H23N3O3/c1-18(10-5-13-3-8-17-9-4-13)15(20)14-6-11-19(12-7-14)16(21)22-2/h3-4,8-9,14H,5-7,10-12H2,1-2H3. The fourth-order valence-electron chi connectivity index (χ4n) is 2.71. The molecule has 22 heavy (non-hydrogen) atoms. The first kappa shape index (κ1) is 16.3. The molecular formula is C16H23N3O3. The molecule has 1 aromatic rings.